The lowest BCUT2D eigenvalue weighted by Gasteiger charge is -2.37. The minimum Gasteiger partial charge on any atom is -0.479 e. The molecule has 4 rings (SSSR count). The van der Waals surface area contributed by atoms with Crippen molar-refractivity contribution in [2.24, 2.45) is 0 Å². The summed E-state index contributed by atoms with van der Waals surface area (Å²) in [4.78, 5) is 42.0. The quantitative estimate of drug-likeness (QED) is 0.405. The van der Waals surface area contributed by atoms with Gasteiger partial charge in [0.05, 0.1) is 29.1 Å². The van der Waals surface area contributed by atoms with Gasteiger partial charge in [-0.15, -0.1) is 0 Å². The minimum absolute atomic E-state index is 0.0216. The van der Waals surface area contributed by atoms with Crippen molar-refractivity contribution >= 4 is 52.4 Å². The summed E-state index contributed by atoms with van der Waals surface area (Å²) in [5.41, 5.74) is 2.08. The van der Waals surface area contributed by atoms with Crippen molar-refractivity contribution in [3.8, 4) is 5.75 Å². The lowest BCUT2D eigenvalue weighted by Crippen LogP contribution is -2.49. The molecule has 1 fully saturated rings. The SMILES string of the molecule is COC(=O)c1ccc(N2CCN(C(=O)c3ccccc3)CC2)c(NC(=O)[C@@H](C)Oc2ccc(Cl)cc2Cl)c1. The average Bonchev–Trinajstić information content (AvgIpc) is 2.94. The molecule has 8 nitrogen and oxygen atoms in total. The van der Waals surface area contributed by atoms with E-state index in [2.05, 4.69) is 10.2 Å². The Morgan fingerprint density at radius 1 is 0.895 bits per heavy atom. The number of rotatable bonds is 7. The largest absolute Gasteiger partial charge is 0.479 e. The molecular formula is C28H27Cl2N3O5. The topological polar surface area (TPSA) is 88.2 Å². The fraction of sp³-hybridized carbons (Fsp3) is 0.250. The second-order valence-electron chi connectivity index (χ2n) is 8.69. The number of nitrogens with one attached hydrogen (secondary N) is 1. The van der Waals surface area contributed by atoms with Gasteiger partial charge in [0.15, 0.2) is 6.10 Å². The van der Waals surface area contributed by atoms with Gasteiger partial charge in [0.1, 0.15) is 5.75 Å². The predicted octanol–water partition coefficient (Wildman–Crippen LogP) is 5.15. The Morgan fingerprint density at radius 3 is 2.26 bits per heavy atom. The molecule has 38 heavy (non-hydrogen) atoms. The Hall–Kier alpha value is -3.75. The highest BCUT2D eigenvalue weighted by molar-refractivity contribution is 6.35. The fourth-order valence-electron chi connectivity index (χ4n) is 4.12. The van der Waals surface area contributed by atoms with Crippen LogP contribution in [-0.4, -0.2) is 62.1 Å². The smallest absolute Gasteiger partial charge is 0.337 e. The van der Waals surface area contributed by atoms with Crippen molar-refractivity contribution in [1.29, 1.82) is 0 Å². The number of esters is 1. The van der Waals surface area contributed by atoms with E-state index in [-0.39, 0.29) is 10.9 Å². The van der Waals surface area contributed by atoms with Crippen molar-refractivity contribution in [2.45, 2.75) is 13.0 Å². The van der Waals surface area contributed by atoms with E-state index in [0.29, 0.717) is 53.8 Å². The maximum atomic E-state index is 13.1. The van der Waals surface area contributed by atoms with E-state index in [4.69, 9.17) is 32.7 Å². The molecule has 1 atom stereocenters. The molecule has 2 amide bonds. The van der Waals surface area contributed by atoms with Crippen molar-refractivity contribution in [3.05, 3.63) is 87.9 Å². The summed E-state index contributed by atoms with van der Waals surface area (Å²) in [5, 5.41) is 3.61. The Bertz CT molecular complexity index is 1330. The number of carbonyl (C=O) groups excluding carboxylic acids is 3. The Kier molecular flexibility index (Phi) is 8.76. The highest BCUT2D eigenvalue weighted by Crippen LogP contribution is 2.31. The van der Waals surface area contributed by atoms with E-state index in [0.717, 1.165) is 5.69 Å². The molecule has 1 saturated heterocycles. The van der Waals surface area contributed by atoms with E-state index in [9.17, 15) is 14.4 Å². The van der Waals surface area contributed by atoms with Crippen LogP contribution in [0.4, 0.5) is 11.4 Å². The van der Waals surface area contributed by atoms with Gasteiger partial charge in [-0.05, 0) is 55.5 Å². The molecule has 198 valence electrons. The second-order valence-corrected chi connectivity index (χ2v) is 9.54. The van der Waals surface area contributed by atoms with Crippen LogP contribution < -0.4 is 15.0 Å². The van der Waals surface area contributed by atoms with Crippen LogP contribution in [0.2, 0.25) is 10.0 Å². The van der Waals surface area contributed by atoms with Crippen LogP contribution in [0.1, 0.15) is 27.6 Å². The van der Waals surface area contributed by atoms with Crippen LogP contribution >= 0.6 is 23.2 Å². The molecule has 0 aromatic heterocycles. The van der Waals surface area contributed by atoms with Crippen molar-refractivity contribution < 1.29 is 23.9 Å². The Balaban J connectivity index is 1.50. The number of ether oxygens (including phenoxy) is 2. The normalized spacial score (nSPS) is 14.0. The third-order valence-corrected chi connectivity index (χ3v) is 6.70. The number of nitrogens with zero attached hydrogens (tertiary/aromatic N) is 2. The Morgan fingerprint density at radius 2 is 1.61 bits per heavy atom. The fourth-order valence-corrected chi connectivity index (χ4v) is 4.57. The molecule has 0 spiro atoms. The number of anilines is 2. The maximum absolute atomic E-state index is 13.1. The van der Waals surface area contributed by atoms with E-state index >= 15 is 0 Å². The van der Waals surface area contributed by atoms with Gasteiger partial charge < -0.3 is 24.6 Å². The summed E-state index contributed by atoms with van der Waals surface area (Å²) in [6, 6.07) is 18.9. The molecule has 0 bridgehead atoms. The van der Waals surface area contributed by atoms with Gasteiger partial charge in [-0.3, -0.25) is 9.59 Å². The van der Waals surface area contributed by atoms with Crippen LogP contribution in [0.5, 0.6) is 5.75 Å². The number of carbonyl (C=O) groups is 3. The number of hydrogen-bond donors (Lipinski definition) is 1. The molecule has 0 aliphatic carbocycles. The Labute approximate surface area is 231 Å². The zero-order chi connectivity index (χ0) is 27.2. The van der Waals surface area contributed by atoms with Gasteiger partial charge in [-0.1, -0.05) is 41.4 Å². The first-order chi connectivity index (χ1) is 18.3. The summed E-state index contributed by atoms with van der Waals surface area (Å²) in [6.07, 6.45) is -0.899. The molecule has 1 aliphatic heterocycles. The molecular weight excluding hydrogens is 529 g/mol. The van der Waals surface area contributed by atoms with Crippen molar-refractivity contribution in [1.82, 2.24) is 4.90 Å². The molecule has 0 unspecified atom stereocenters. The van der Waals surface area contributed by atoms with E-state index in [1.54, 1.807) is 54.3 Å². The molecule has 1 N–H and O–H groups in total. The van der Waals surface area contributed by atoms with E-state index in [1.807, 2.05) is 18.2 Å². The first-order valence-electron chi connectivity index (χ1n) is 12.0. The van der Waals surface area contributed by atoms with Gasteiger partial charge in [-0.25, -0.2) is 4.79 Å². The zero-order valence-electron chi connectivity index (χ0n) is 20.9. The monoisotopic (exact) mass is 555 g/mol. The van der Waals surface area contributed by atoms with Crippen molar-refractivity contribution in [3.63, 3.8) is 0 Å². The summed E-state index contributed by atoms with van der Waals surface area (Å²) in [6.45, 7) is 3.71. The second kappa shape index (κ2) is 12.2. The van der Waals surface area contributed by atoms with Crippen LogP contribution in [0, 0.1) is 0 Å². The predicted molar refractivity (Wildman–Crippen MR) is 148 cm³/mol. The number of amides is 2. The van der Waals surface area contributed by atoms with Gasteiger partial charge in [0.2, 0.25) is 0 Å². The van der Waals surface area contributed by atoms with E-state index in [1.165, 1.54) is 13.2 Å². The molecule has 1 heterocycles. The van der Waals surface area contributed by atoms with Crippen LogP contribution in [0.3, 0.4) is 0 Å². The molecule has 0 radical (unpaired) electrons. The molecule has 3 aromatic carbocycles. The van der Waals surface area contributed by atoms with Gasteiger partial charge in [0, 0.05) is 36.8 Å². The summed E-state index contributed by atoms with van der Waals surface area (Å²) < 4.78 is 10.6. The van der Waals surface area contributed by atoms with Gasteiger partial charge in [0.25, 0.3) is 11.8 Å². The van der Waals surface area contributed by atoms with Gasteiger partial charge in [-0.2, -0.15) is 0 Å². The van der Waals surface area contributed by atoms with Crippen LogP contribution in [0.25, 0.3) is 0 Å². The highest BCUT2D eigenvalue weighted by Gasteiger charge is 2.25. The molecule has 3 aromatic rings. The first-order valence-corrected chi connectivity index (χ1v) is 12.8. The third-order valence-electron chi connectivity index (χ3n) is 6.17. The first kappa shape index (κ1) is 27.3. The number of piperazine rings is 1. The van der Waals surface area contributed by atoms with Crippen molar-refractivity contribution in [2.75, 3.05) is 43.5 Å². The zero-order valence-corrected chi connectivity index (χ0v) is 22.5. The summed E-state index contributed by atoms with van der Waals surface area (Å²) in [5.74, 6) is -0.659. The number of benzene rings is 3. The number of hydrogen-bond acceptors (Lipinski definition) is 6. The summed E-state index contributed by atoms with van der Waals surface area (Å²) >= 11 is 12.1. The molecule has 1 aliphatic rings. The number of methoxy groups -OCH3 is 1. The standard InChI is InChI=1S/C28H27Cl2N3O5/c1-18(38-25-11-9-21(29)17-22(25)30)26(34)31-23-16-20(28(36)37-2)8-10-24(23)32-12-14-33(15-13-32)27(35)19-6-4-3-5-7-19/h3-11,16-18H,12-15H2,1-2H3,(H,31,34)/t18-/m1/s1. The lowest BCUT2D eigenvalue weighted by molar-refractivity contribution is -0.122. The third kappa shape index (κ3) is 6.38. The minimum atomic E-state index is -0.899. The van der Waals surface area contributed by atoms with E-state index < -0.39 is 18.0 Å². The van der Waals surface area contributed by atoms with Gasteiger partial charge >= 0.3 is 5.97 Å². The van der Waals surface area contributed by atoms with Crippen LogP contribution in [0.15, 0.2) is 66.7 Å². The average molecular weight is 556 g/mol. The molecule has 0 saturated carbocycles. The lowest BCUT2D eigenvalue weighted by atomic mass is 10.1. The van der Waals surface area contributed by atoms with Crippen LogP contribution in [-0.2, 0) is 9.53 Å². The maximum Gasteiger partial charge on any atom is 0.337 e. The summed E-state index contributed by atoms with van der Waals surface area (Å²) in [7, 11) is 1.29. The number of halogens is 2. The highest BCUT2D eigenvalue weighted by atomic mass is 35.5. The molecule has 10 heteroatoms.